The summed E-state index contributed by atoms with van der Waals surface area (Å²) in [4.78, 5) is 8.73. The van der Waals surface area contributed by atoms with Gasteiger partial charge < -0.3 is 4.74 Å². The number of methoxy groups -OCH3 is 1. The first-order chi connectivity index (χ1) is 10.1. The fourth-order valence-corrected chi connectivity index (χ4v) is 2.76. The van der Waals surface area contributed by atoms with Crippen LogP contribution in [0.1, 0.15) is 37.3 Å². The van der Waals surface area contributed by atoms with Gasteiger partial charge in [-0.1, -0.05) is 66.4 Å². The molecule has 1 atom stereocenters. The standard InChI is InChI=1S/C16H18Cl2N2O/c1-4-5-12(21-3)16-19-14(17)13(15(18)20-16)11-8-6-10(2)7-9-11/h6-9,12H,4-5H2,1-3H3. The number of nitrogens with zero attached hydrogens (tertiary/aromatic N) is 2. The van der Waals surface area contributed by atoms with E-state index in [9.17, 15) is 0 Å². The maximum atomic E-state index is 6.32. The average Bonchev–Trinajstić information content (AvgIpc) is 2.46. The van der Waals surface area contributed by atoms with E-state index in [1.165, 1.54) is 5.56 Å². The van der Waals surface area contributed by atoms with Gasteiger partial charge in [0, 0.05) is 7.11 Å². The predicted molar refractivity (Wildman–Crippen MR) is 86.9 cm³/mol. The Hall–Kier alpha value is -1.16. The second-order valence-electron chi connectivity index (χ2n) is 4.92. The van der Waals surface area contributed by atoms with Crippen LogP contribution in [0, 0.1) is 6.92 Å². The van der Waals surface area contributed by atoms with Gasteiger partial charge in [0.05, 0.1) is 5.56 Å². The Kier molecular flexibility index (Phi) is 5.57. The first-order valence-corrected chi connectivity index (χ1v) is 7.65. The molecule has 1 heterocycles. The summed E-state index contributed by atoms with van der Waals surface area (Å²) in [5.41, 5.74) is 2.74. The molecule has 3 nitrogen and oxygen atoms in total. The first-order valence-electron chi connectivity index (χ1n) is 6.89. The van der Waals surface area contributed by atoms with Gasteiger partial charge in [-0.25, -0.2) is 9.97 Å². The number of halogens is 2. The van der Waals surface area contributed by atoms with Crippen LogP contribution in [0.15, 0.2) is 24.3 Å². The van der Waals surface area contributed by atoms with E-state index in [0.29, 0.717) is 21.7 Å². The van der Waals surface area contributed by atoms with Crippen molar-refractivity contribution in [3.05, 3.63) is 46.0 Å². The van der Waals surface area contributed by atoms with E-state index < -0.39 is 0 Å². The van der Waals surface area contributed by atoms with Crippen molar-refractivity contribution in [1.29, 1.82) is 0 Å². The lowest BCUT2D eigenvalue weighted by Gasteiger charge is -2.15. The Morgan fingerprint density at radius 2 is 1.67 bits per heavy atom. The number of aryl methyl sites for hydroxylation is 1. The summed E-state index contributed by atoms with van der Waals surface area (Å²) in [7, 11) is 1.64. The Labute approximate surface area is 135 Å². The summed E-state index contributed by atoms with van der Waals surface area (Å²) in [6, 6.07) is 7.94. The Morgan fingerprint density at radius 3 is 2.14 bits per heavy atom. The molecule has 0 radical (unpaired) electrons. The van der Waals surface area contributed by atoms with Crippen molar-refractivity contribution >= 4 is 23.2 Å². The fraction of sp³-hybridized carbons (Fsp3) is 0.375. The van der Waals surface area contributed by atoms with Crippen molar-refractivity contribution in [3.8, 4) is 11.1 Å². The lowest BCUT2D eigenvalue weighted by Crippen LogP contribution is -2.08. The van der Waals surface area contributed by atoms with Crippen molar-refractivity contribution < 1.29 is 4.74 Å². The Bertz CT molecular complexity index is 591. The summed E-state index contributed by atoms with van der Waals surface area (Å²) in [5, 5.41) is 0.707. The van der Waals surface area contributed by atoms with Gasteiger partial charge in [-0.2, -0.15) is 0 Å². The molecule has 0 fully saturated rings. The molecule has 0 amide bonds. The maximum absolute atomic E-state index is 6.32. The predicted octanol–water partition coefficient (Wildman–Crippen LogP) is 5.25. The van der Waals surface area contributed by atoms with E-state index in [2.05, 4.69) is 16.9 Å². The van der Waals surface area contributed by atoms with Gasteiger partial charge in [0.2, 0.25) is 0 Å². The second-order valence-corrected chi connectivity index (χ2v) is 5.63. The van der Waals surface area contributed by atoms with E-state index in [-0.39, 0.29) is 6.10 Å². The number of aromatic nitrogens is 2. The number of hydrogen-bond acceptors (Lipinski definition) is 3. The molecule has 1 unspecified atom stereocenters. The molecule has 2 rings (SSSR count). The number of ether oxygens (including phenoxy) is 1. The molecule has 0 N–H and O–H groups in total. The summed E-state index contributed by atoms with van der Waals surface area (Å²) in [6.07, 6.45) is 1.61. The highest BCUT2D eigenvalue weighted by atomic mass is 35.5. The molecule has 112 valence electrons. The SMILES string of the molecule is CCCC(OC)c1nc(Cl)c(-c2ccc(C)cc2)c(Cl)n1. The molecule has 0 aliphatic carbocycles. The van der Waals surface area contributed by atoms with Crippen molar-refractivity contribution in [1.82, 2.24) is 9.97 Å². The highest BCUT2D eigenvalue weighted by Crippen LogP contribution is 2.34. The van der Waals surface area contributed by atoms with E-state index in [0.717, 1.165) is 18.4 Å². The van der Waals surface area contributed by atoms with Gasteiger partial charge in [0.15, 0.2) is 5.82 Å². The lowest BCUT2D eigenvalue weighted by atomic mass is 10.1. The minimum Gasteiger partial charge on any atom is -0.373 e. The zero-order valence-corrected chi connectivity index (χ0v) is 13.9. The Morgan fingerprint density at radius 1 is 1.10 bits per heavy atom. The first kappa shape index (κ1) is 16.2. The van der Waals surface area contributed by atoms with Gasteiger partial charge in [-0.15, -0.1) is 0 Å². The molecule has 0 saturated heterocycles. The molecule has 0 aliphatic rings. The van der Waals surface area contributed by atoms with E-state index in [1.807, 2.05) is 31.2 Å². The monoisotopic (exact) mass is 324 g/mol. The van der Waals surface area contributed by atoms with Crippen molar-refractivity contribution in [3.63, 3.8) is 0 Å². The smallest absolute Gasteiger partial charge is 0.160 e. The Balaban J connectivity index is 2.44. The maximum Gasteiger partial charge on any atom is 0.160 e. The lowest BCUT2D eigenvalue weighted by molar-refractivity contribution is 0.0876. The second kappa shape index (κ2) is 7.21. The third kappa shape index (κ3) is 3.73. The number of benzene rings is 1. The topological polar surface area (TPSA) is 35.0 Å². The fourth-order valence-electron chi connectivity index (χ4n) is 2.14. The van der Waals surface area contributed by atoms with Crippen LogP contribution in [0.4, 0.5) is 0 Å². The van der Waals surface area contributed by atoms with Gasteiger partial charge in [0.1, 0.15) is 16.4 Å². The molecule has 0 bridgehead atoms. The zero-order chi connectivity index (χ0) is 15.4. The number of hydrogen-bond donors (Lipinski definition) is 0. The van der Waals surface area contributed by atoms with Crippen LogP contribution < -0.4 is 0 Å². The highest BCUT2D eigenvalue weighted by Gasteiger charge is 2.19. The summed E-state index contributed by atoms with van der Waals surface area (Å²) >= 11 is 12.6. The molecular weight excluding hydrogens is 307 g/mol. The van der Waals surface area contributed by atoms with E-state index in [1.54, 1.807) is 7.11 Å². The summed E-state index contributed by atoms with van der Waals surface area (Å²) < 4.78 is 5.41. The van der Waals surface area contributed by atoms with E-state index >= 15 is 0 Å². The van der Waals surface area contributed by atoms with Gasteiger partial charge in [-0.3, -0.25) is 0 Å². The van der Waals surface area contributed by atoms with Crippen LogP contribution in [0.25, 0.3) is 11.1 Å². The molecule has 0 saturated carbocycles. The highest BCUT2D eigenvalue weighted by molar-refractivity contribution is 6.37. The summed E-state index contributed by atoms with van der Waals surface area (Å²) in [6.45, 7) is 4.11. The molecule has 1 aromatic carbocycles. The van der Waals surface area contributed by atoms with Crippen LogP contribution in [0.2, 0.25) is 10.3 Å². The van der Waals surface area contributed by atoms with Gasteiger partial charge in [0.25, 0.3) is 0 Å². The molecule has 0 spiro atoms. The van der Waals surface area contributed by atoms with Gasteiger partial charge in [-0.05, 0) is 18.9 Å². The molecule has 21 heavy (non-hydrogen) atoms. The molecule has 1 aromatic heterocycles. The van der Waals surface area contributed by atoms with Crippen molar-refractivity contribution in [2.45, 2.75) is 32.8 Å². The minimum atomic E-state index is -0.183. The molecular formula is C16H18Cl2N2O. The minimum absolute atomic E-state index is 0.183. The third-order valence-corrected chi connectivity index (χ3v) is 3.85. The third-order valence-electron chi connectivity index (χ3n) is 3.30. The summed E-state index contributed by atoms with van der Waals surface area (Å²) in [5.74, 6) is 0.533. The van der Waals surface area contributed by atoms with Crippen LogP contribution >= 0.6 is 23.2 Å². The quantitative estimate of drug-likeness (QED) is 0.705. The van der Waals surface area contributed by atoms with E-state index in [4.69, 9.17) is 27.9 Å². The molecule has 5 heteroatoms. The van der Waals surface area contributed by atoms with Crippen LogP contribution in [-0.2, 0) is 4.74 Å². The van der Waals surface area contributed by atoms with Crippen molar-refractivity contribution in [2.24, 2.45) is 0 Å². The molecule has 2 aromatic rings. The van der Waals surface area contributed by atoms with Crippen LogP contribution in [-0.4, -0.2) is 17.1 Å². The largest absolute Gasteiger partial charge is 0.373 e. The average molecular weight is 325 g/mol. The van der Waals surface area contributed by atoms with Crippen LogP contribution in [0.3, 0.4) is 0 Å². The van der Waals surface area contributed by atoms with Gasteiger partial charge >= 0.3 is 0 Å². The zero-order valence-electron chi connectivity index (χ0n) is 12.4. The molecule has 0 aliphatic heterocycles. The normalized spacial score (nSPS) is 12.4. The van der Waals surface area contributed by atoms with Crippen LogP contribution in [0.5, 0.6) is 0 Å². The van der Waals surface area contributed by atoms with Crippen molar-refractivity contribution in [2.75, 3.05) is 7.11 Å². The number of rotatable bonds is 5.